The standard InChI is InChI=1S/C11H22O11/c12-1-4(14)3-22-11(21)10(20)9(19)8(18)7(17)6(16)5(15)2-13/h4-10,12-20H,1-3H2. The molecule has 7 atom stereocenters. The van der Waals surface area contributed by atoms with Crippen molar-refractivity contribution in [2.24, 2.45) is 0 Å². The maximum atomic E-state index is 11.3. The number of rotatable bonds is 10. The number of hydrogen-bond acceptors (Lipinski definition) is 11. The second kappa shape index (κ2) is 9.99. The van der Waals surface area contributed by atoms with Crippen LogP contribution in [-0.4, -0.2) is 114 Å². The summed E-state index contributed by atoms with van der Waals surface area (Å²) < 4.78 is 4.33. The number of hydrogen-bond donors (Lipinski definition) is 9. The van der Waals surface area contributed by atoms with Crippen LogP contribution in [0.3, 0.4) is 0 Å². The van der Waals surface area contributed by atoms with Crippen LogP contribution in [0.4, 0.5) is 0 Å². The van der Waals surface area contributed by atoms with Gasteiger partial charge in [-0.1, -0.05) is 0 Å². The highest BCUT2D eigenvalue weighted by molar-refractivity contribution is 5.75. The van der Waals surface area contributed by atoms with E-state index < -0.39 is 68.5 Å². The number of carbonyl (C=O) groups excluding carboxylic acids is 1. The number of esters is 1. The van der Waals surface area contributed by atoms with Crippen LogP contribution in [0.25, 0.3) is 0 Å². The van der Waals surface area contributed by atoms with Crippen molar-refractivity contribution in [2.75, 3.05) is 19.8 Å². The lowest BCUT2D eigenvalue weighted by Crippen LogP contribution is -2.54. The largest absolute Gasteiger partial charge is 0.461 e. The molecule has 0 saturated carbocycles. The minimum atomic E-state index is -2.32. The summed E-state index contributed by atoms with van der Waals surface area (Å²) >= 11 is 0. The Morgan fingerprint density at radius 3 is 1.73 bits per heavy atom. The number of ether oxygens (including phenoxy) is 1. The van der Waals surface area contributed by atoms with Crippen molar-refractivity contribution in [3.63, 3.8) is 0 Å². The smallest absolute Gasteiger partial charge is 0.337 e. The second-order valence-electron chi connectivity index (χ2n) is 4.62. The van der Waals surface area contributed by atoms with Crippen molar-refractivity contribution in [2.45, 2.75) is 42.7 Å². The Bertz CT molecular complexity index is 325. The molecule has 0 aliphatic carbocycles. The fraction of sp³-hybridized carbons (Fsp3) is 0.909. The van der Waals surface area contributed by atoms with Gasteiger partial charge in [0.1, 0.15) is 43.2 Å². The molecule has 0 spiro atoms. The quantitative estimate of drug-likeness (QED) is 0.172. The third kappa shape index (κ3) is 6.08. The monoisotopic (exact) mass is 330 g/mol. The zero-order valence-corrected chi connectivity index (χ0v) is 11.5. The van der Waals surface area contributed by atoms with Crippen molar-refractivity contribution in [3.05, 3.63) is 0 Å². The number of carbonyl (C=O) groups is 1. The molecule has 0 heterocycles. The zero-order valence-electron chi connectivity index (χ0n) is 11.5. The molecule has 9 N–H and O–H groups in total. The molecule has 22 heavy (non-hydrogen) atoms. The fourth-order valence-electron chi connectivity index (χ4n) is 1.38. The van der Waals surface area contributed by atoms with Gasteiger partial charge in [-0.05, 0) is 0 Å². The maximum Gasteiger partial charge on any atom is 0.337 e. The lowest BCUT2D eigenvalue weighted by atomic mass is 9.96. The molecular formula is C11H22O11. The van der Waals surface area contributed by atoms with E-state index in [2.05, 4.69) is 4.74 Å². The lowest BCUT2D eigenvalue weighted by Gasteiger charge is -2.29. The molecule has 11 heteroatoms. The van der Waals surface area contributed by atoms with Gasteiger partial charge >= 0.3 is 5.97 Å². The number of aliphatic hydroxyl groups excluding tert-OH is 9. The highest BCUT2D eigenvalue weighted by Crippen LogP contribution is 2.12. The van der Waals surface area contributed by atoms with E-state index >= 15 is 0 Å². The molecule has 0 aliphatic rings. The molecule has 0 radical (unpaired) electrons. The molecule has 0 aromatic carbocycles. The highest BCUT2D eigenvalue weighted by Gasteiger charge is 2.39. The molecular weight excluding hydrogens is 308 g/mol. The number of aliphatic hydroxyl groups is 9. The Kier molecular flexibility index (Phi) is 9.59. The van der Waals surface area contributed by atoms with E-state index in [1.807, 2.05) is 0 Å². The fourth-order valence-corrected chi connectivity index (χ4v) is 1.38. The van der Waals surface area contributed by atoms with Crippen LogP contribution in [0.15, 0.2) is 0 Å². The zero-order chi connectivity index (χ0) is 17.4. The minimum Gasteiger partial charge on any atom is -0.461 e. The van der Waals surface area contributed by atoms with Gasteiger partial charge in [-0.3, -0.25) is 0 Å². The Morgan fingerprint density at radius 1 is 0.773 bits per heavy atom. The van der Waals surface area contributed by atoms with Gasteiger partial charge in [0.15, 0.2) is 6.10 Å². The van der Waals surface area contributed by atoms with Crippen LogP contribution >= 0.6 is 0 Å². The van der Waals surface area contributed by atoms with E-state index in [1.54, 1.807) is 0 Å². The molecule has 11 nitrogen and oxygen atoms in total. The minimum absolute atomic E-state index is 0.677. The molecule has 0 fully saturated rings. The summed E-state index contributed by atoms with van der Waals surface area (Å²) in [4.78, 5) is 11.3. The van der Waals surface area contributed by atoms with Gasteiger partial charge in [-0.2, -0.15) is 0 Å². The maximum absolute atomic E-state index is 11.3. The molecule has 7 unspecified atom stereocenters. The summed E-state index contributed by atoms with van der Waals surface area (Å²) in [6.07, 6.45) is -14.3. The van der Waals surface area contributed by atoms with Crippen molar-refractivity contribution >= 4 is 5.97 Å². The average Bonchev–Trinajstić information content (AvgIpc) is 2.54. The van der Waals surface area contributed by atoms with Crippen LogP contribution in [0.5, 0.6) is 0 Å². The van der Waals surface area contributed by atoms with E-state index in [0.717, 1.165) is 0 Å². The predicted octanol–water partition coefficient (Wildman–Crippen LogP) is -5.96. The van der Waals surface area contributed by atoms with E-state index in [-0.39, 0.29) is 0 Å². The third-order valence-corrected chi connectivity index (χ3v) is 2.82. The molecule has 0 amide bonds. The van der Waals surface area contributed by atoms with Gasteiger partial charge in [-0.15, -0.1) is 0 Å². The third-order valence-electron chi connectivity index (χ3n) is 2.82. The van der Waals surface area contributed by atoms with Crippen LogP contribution in [0, 0.1) is 0 Å². The van der Waals surface area contributed by atoms with Gasteiger partial charge in [0, 0.05) is 0 Å². The van der Waals surface area contributed by atoms with Crippen molar-refractivity contribution in [1.29, 1.82) is 0 Å². The molecule has 132 valence electrons. The Hall–Kier alpha value is -0.890. The van der Waals surface area contributed by atoms with Gasteiger partial charge in [0.25, 0.3) is 0 Å². The molecule has 0 saturated heterocycles. The molecule has 0 bridgehead atoms. The topological polar surface area (TPSA) is 208 Å². The summed E-state index contributed by atoms with van der Waals surface area (Å²) in [5.74, 6) is -1.46. The normalized spacial score (nSPS) is 21.3. The van der Waals surface area contributed by atoms with Crippen molar-refractivity contribution < 1.29 is 55.5 Å². The van der Waals surface area contributed by atoms with Crippen molar-refractivity contribution in [3.8, 4) is 0 Å². The van der Waals surface area contributed by atoms with Crippen LogP contribution in [-0.2, 0) is 9.53 Å². The van der Waals surface area contributed by atoms with E-state index in [9.17, 15) is 30.3 Å². The van der Waals surface area contributed by atoms with Gasteiger partial charge in [-0.25, -0.2) is 4.79 Å². The summed E-state index contributed by atoms with van der Waals surface area (Å²) in [5, 5.41) is 82.4. The lowest BCUT2D eigenvalue weighted by molar-refractivity contribution is -0.181. The first-order valence-corrected chi connectivity index (χ1v) is 6.32. The summed E-state index contributed by atoms with van der Waals surface area (Å²) in [7, 11) is 0. The van der Waals surface area contributed by atoms with E-state index in [4.69, 9.17) is 20.4 Å². The van der Waals surface area contributed by atoms with Crippen LogP contribution in [0.2, 0.25) is 0 Å². The van der Waals surface area contributed by atoms with Gasteiger partial charge < -0.3 is 50.7 Å². The summed E-state index contributed by atoms with van der Waals surface area (Å²) in [5.41, 5.74) is 0. The summed E-state index contributed by atoms with van der Waals surface area (Å²) in [6, 6.07) is 0. The van der Waals surface area contributed by atoms with Crippen LogP contribution in [0.1, 0.15) is 0 Å². The van der Waals surface area contributed by atoms with Gasteiger partial charge in [0.05, 0.1) is 13.2 Å². The first-order valence-electron chi connectivity index (χ1n) is 6.32. The molecule has 0 aromatic rings. The predicted molar refractivity (Wildman–Crippen MR) is 67.2 cm³/mol. The highest BCUT2D eigenvalue weighted by atomic mass is 16.6. The van der Waals surface area contributed by atoms with E-state index in [0.29, 0.717) is 0 Å². The molecule has 0 aliphatic heterocycles. The first kappa shape index (κ1) is 21.1. The van der Waals surface area contributed by atoms with Crippen LogP contribution < -0.4 is 0 Å². The Morgan fingerprint density at radius 2 is 1.27 bits per heavy atom. The SMILES string of the molecule is O=C(OCC(O)CO)C(O)C(O)C(O)C(O)C(O)C(O)CO. The average molecular weight is 330 g/mol. The Labute approximate surface area is 125 Å². The van der Waals surface area contributed by atoms with Crippen molar-refractivity contribution in [1.82, 2.24) is 0 Å². The molecule has 0 rings (SSSR count). The first-order chi connectivity index (χ1) is 10.2. The van der Waals surface area contributed by atoms with E-state index in [1.165, 1.54) is 0 Å². The Balaban J connectivity index is 4.59. The van der Waals surface area contributed by atoms with Gasteiger partial charge in [0.2, 0.25) is 0 Å². The molecule has 0 aromatic heterocycles. The summed E-state index contributed by atoms with van der Waals surface area (Å²) in [6.45, 7) is -2.33. The second-order valence-corrected chi connectivity index (χ2v) is 4.62.